The first kappa shape index (κ1) is 13.8. The highest BCUT2D eigenvalue weighted by atomic mass is 35.5. The average molecular weight is 274 g/mol. The molecule has 0 spiro atoms. The summed E-state index contributed by atoms with van der Waals surface area (Å²) in [6.45, 7) is 3.43. The highest BCUT2D eigenvalue weighted by molar-refractivity contribution is 6.35. The van der Waals surface area contributed by atoms with E-state index in [9.17, 15) is 0 Å². The van der Waals surface area contributed by atoms with Gasteiger partial charge in [0.05, 0.1) is 17.5 Å². The van der Waals surface area contributed by atoms with Crippen LogP contribution in [-0.2, 0) is 6.54 Å². The Labute approximate surface area is 118 Å². The van der Waals surface area contributed by atoms with Crippen molar-refractivity contribution >= 4 is 22.5 Å². The largest absolute Gasteiger partial charge is 0.301 e. The van der Waals surface area contributed by atoms with E-state index in [-0.39, 0.29) is 5.92 Å². The second-order valence-electron chi connectivity index (χ2n) is 4.83. The van der Waals surface area contributed by atoms with Crippen LogP contribution >= 0.6 is 11.6 Å². The fraction of sp³-hybridized carbons (Fsp3) is 0.333. The molecule has 0 aliphatic carbocycles. The number of fused-ring (bicyclic) bond motifs is 1. The first-order valence-electron chi connectivity index (χ1n) is 6.22. The number of benzene rings is 1. The molecule has 3 nitrogen and oxygen atoms in total. The summed E-state index contributed by atoms with van der Waals surface area (Å²) in [5, 5.41) is 10.5. The molecule has 1 aromatic heterocycles. The monoisotopic (exact) mass is 273 g/mol. The average Bonchev–Trinajstić information content (AvgIpc) is 2.42. The fourth-order valence-corrected chi connectivity index (χ4v) is 2.40. The second kappa shape index (κ2) is 6.01. The molecule has 0 saturated carbocycles. The van der Waals surface area contributed by atoms with E-state index in [1.807, 2.05) is 38.2 Å². The maximum atomic E-state index is 8.85. The Balaban J connectivity index is 2.27. The van der Waals surface area contributed by atoms with Gasteiger partial charge in [-0.25, -0.2) is 0 Å². The van der Waals surface area contributed by atoms with Gasteiger partial charge in [0.15, 0.2) is 0 Å². The molecule has 0 N–H and O–H groups in total. The molecule has 4 heteroatoms. The van der Waals surface area contributed by atoms with E-state index in [2.05, 4.69) is 16.0 Å². The van der Waals surface area contributed by atoms with Gasteiger partial charge in [-0.1, -0.05) is 17.7 Å². The van der Waals surface area contributed by atoms with Crippen LogP contribution in [0.25, 0.3) is 10.9 Å². The van der Waals surface area contributed by atoms with E-state index in [0.717, 1.165) is 34.6 Å². The predicted molar refractivity (Wildman–Crippen MR) is 77.9 cm³/mol. The number of rotatable bonds is 4. The molecule has 19 heavy (non-hydrogen) atoms. The number of hydrogen-bond acceptors (Lipinski definition) is 3. The van der Waals surface area contributed by atoms with Gasteiger partial charge in [0.25, 0.3) is 0 Å². The summed E-state index contributed by atoms with van der Waals surface area (Å²) in [5.41, 5.74) is 2.07. The summed E-state index contributed by atoms with van der Waals surface area (Å²) in [4.78, 5) is 6.55. The van der Waals surface area contributed by atoms with Gasteiger partial charge in [-0.2, -0.15) is 5.26 Å². The first-order chi connectivity index (χ1) is 9.11. The summed E-state index contributed by atoms with van der Waals surface area (Å²) >= 11 is 6.18. The number of halogens is 1. The van der Waals surface area contributed by atoms with Crippen molar-refractivity contribution in [1.82, 2.24) is 9.88 Å². The molecule has 0 radical (unpaired) electrons. The Bertz CT molecular complexity index is 618. The third kappa shape index (κ3) is 3.23. The van der Waals surface area contributed by atoms with Crippen molar-refractivity contribution in [3.05, 3.63) is 41.0 Å². The molecule has 0 aliphatic rings. The normalized spacial score (nSPS) is 12.6. The lowest BCUT2D eigenvalue weighted by molar-refractivity contribution is 0.304. The van der Waals surface area contributed by atoms with Crippen molar-refractivity contribution in [1.29, 1.82) is 5.26 Å². The van der Waals surface area contributed by atoms with Gasteiger partial charge in [0, 0.05) is 29.7 Å². The van der Waals surface area contributed by atoms with E-state index in [0.29, 0.717) is 0 Å². The van der Waals surface area contributed by atoms with Gasteiger partial charge in [-0.05, 0) is 37.7 Å². The van der Waals surface area contributed by atoms with E-state index >= 15 is 0 Å². The van der Waals surface area contributed by atoms with E-state index in [1.54, 1.807) is 6.20 Å². The third-order valence-electron chi connectivity index (χ3n) is 3.05. The highest BCUT2D eigenvalue weighted by Gasteiger charge is 2.10. The molecule has 1 atom stereocenters. The summed E-state index contributed by atoms with van der Waals surface area (Å²) in [7, 11) is 2.01. The quantitative estimate of drug-likeness (QED) is 0.856. The second-order valence-corrected chi connectivity index (χ2v) is 5.24. The summed E-state index contributed by atoms with van der Waals surface area (Å²) in [6, 6.07) is 10.0. The maximum Gasteiger partial charge on any atom is 0.0761 e. The van der Waals surface area contributed by atoms with Crippen molar-refractivity contribution in [3.63, 3.8) is 0 Å². The molecule has 98 valence electrons. The van der Waals surface area contributed by atoms with E-state index in [1.165, 1.54) is 0 Å². The highest BCUT2D eigenvalue weighted by Crippen LogP contribution is 2.25. The van der Waals surface area contributed by atoms with Crippen LogP contribution in [0.4, 0.5) is 0 Å². The third-order valence-corrected chi connectivity index (χ3v) is 3.38. The van der Waals surface area contributed by atoms with Crippen LogP contribution < -0.4 is 0 Å². The Kier molecular flexibility index (Phi) is 4.36. The molecular formula is C15H16ClN3. The van der Waals surface area contributed by atoms with Gasteiger partial charge in [0.1, 0.15) is 0 Å². The molecule has 0 aliphatic heterocycles. The molecule has 0 unspecified atom stereocenters. The van der Waals surface area contributed by atoms with Gasteiger partial charge >= 0.3 is 0 Å². The van der Waals surface area contributed by atoms with Crippen LogP contribution in [0.5, 0.6) is 0 Å². The zero-order chi connectivity index (χ0) is 13.8. The molecule has 0 amide bonds. The Morgan fingerprint density at radius 2 is 2.21 bits per heavy atom. The lowest BCUT2D eigenvalue weighted by Gasteiger charge is -2.18. The van der Waals surface area contributed by atoms with Gasteiger partial charge in [0.2, 0.25) is 0 Å². The number of pyridine rings is 1. The van der Waals surface area contributed by atoms with Gasteiger partial charge in [-0.15, -0.1) is 0 Å². The Morgan fingerprint density at radius 3 is 2.95 bits per heavy atom. The van der Waals surface area contributed by atoms with Crippen LogP contribution in [0.1, 0.15) is 12.5 Å². The van der Waals surface area contributed by atoms with Gasteiger partial charge < -0.3 is 4.90 Å². The molecule has 0 bridgehead atoms. The fourth-order valence-electron chi connectivity index (χ4n) is 2.19. The topological polar surface area (TPSA) is 39.9 Å². The van der Waals surface area contributed by atoms with Crippen molar-refractivity contribution in [2.24, 2.45) is 5.92 Å². The minimum Gasteiger partial charge on any atom is -0.301 e. The summed E-state index contributed by atoms with van der Waals surface area (Å²) < 4.78 is 0. The molecule has 0 saturated heterocycles. The smallest absolute Gasteiger partial charge is 0.0761 e. The minimum absolute atomic E-state index is 0.0246. The zero-order valence-corrected chi connectivity index (χ0v) is 11.9. The van der Waals surface area contributed by atoms with Crippen molar-refractivity contribution in [3.8, 4) is 6.07 Å². The van der Waals surface area contributed by atoms with Crippen LogP contribution in [-0.4, -0.2) is 23.5 Å². The SMILES string of the molecule is C[C@@H](C#N)CN(C)Cc1ccc(Cl)c2cccnc12. The molecule has 2 aromatic rings. The van der Waals surface area contributed by atoms with Crippen molar-refractivity contribution in [2.75, 3.05) is 13.6 Å². The van der Waals surface area contributed by atoms with Crippen LogP contribution in [0.2, 0.25) is 5.02 Å². The number of hydrogen-bond donors (Lipinski definition) is 0. The Hall–Kier alpha value is -1.63. The van der Waals surface area contributed by atoms with Crippen LogP contribution in [0.15, 0.2) is 30.5 Å². The number of nitriles is 1. The molecule has 1 aromatic carbocycles. The molecule has 0 fully saturated rings. The number of aromatic nitrogens is 1. The van der Waals surface area contributed by atoms with E-state index < -0.39 is 0 Å². The molecule has 2 rings (SSSR count). The van der Waals surface area contributed by atoms with Crippen molar-refractivity contribution in [2.45, 2.75) is 13.5 Å². The lowest BCUT2D eigenvalue weighted by atomic mass is 10.1. The predicted octanol–water partition coefficient (Wildman–Crippen LogP) is 3.48. The molecule has 1 heterocycles. The van der Waals surface area contributed by atoms with Crippen molar-refractivity contribution < 1.29 is 0 Å². The number of nitrogens with zero attached hydrogens (tertiary/aromatic N) is 3. The summed E-state index contributed by atoms with van der Waals surface area (Å²) in [5.74, 6) is 0.0246. The maximum absolute atomic E-state index is 8.85. The molecular weight excluding hydrogens is 258 g/mol. The zero-order valence-electron chi connectivity index (χ0n) is 11.1. The summed E-state index contributed by atoms with van der Waals surface area (Å²) in [6.07, 6.45) is 1.78. The first-order valence-corrected chi connectivity index (χ1v) is 6.60. The van der Waals surface area contributed by atoms with Crippen LogP contribution in [0.3, 0.4) is 0 Å². The Morgan fingerprint density at radius 1 is 1.42 bits per heavy atom. The minimum atomic E-state index is 0.0246. The lowest BCUT2D eigenvalue weighted by Crippen LogP contribution is -2.23. The van der Waals surface area contributed by atoms with Crippen LogP contribution in [0, 0.1) is 17.2 Å². The van der Waals surface area contributed by atoms with E-state index in [4.69, 9.17) is 16.9 Å². The van der Waals surface area contributed by atoms with Gasteiger partial charge in [-0.3, -0.25) is 4.98 Å². The standard InChI is InChI=1S/C15H16ClN3/c1-11(8-17)9-19(2)10-12-5-6-14(16)13-4-3-7-18-15(12)13/h3-7,11H,9-10H2,1-2H3/t11-/m0/s1.